The molecule has 1 unspecified atom stereocenters. The number of nitrogens with one attached hydrogen (secondary N) is 1. The number of aldehydes is 1. The Balaban J connectivity index is 0.000000722. The summed E-state index contributed by atoms with van der Waals surface area (Å²) in [5.41, 5.74) is 6.18. The predicted octanol–water partition coefficient (Wildman–Crippen LogP) is 1.90. The van der Waals surface area contributed by atoms with Gasteiger partial charge in [0.2, 0.25) is 24.0 Å². The summed E-state index contributed by atoms with van der Waals surface area (Å²) in [4.78, 5) is 19.5. The molecular formula is C16H28F3N5O3. The molecule has 1 aromatic rings. The Morgan fingerprint density at radius 2 is 1.74 bits per heavy atom. The molecule has 0 radical (unpaired) electrons. The van der Waals surface area contributed by atoms with E-state index in [4.69, 9.17) is 20.0 Å². The van der Waals surface area contributed by atoms with Crippen LogP contribution in [-0.2, 0) is 4.79 Å². The topological polar surface area (TPSA) is 103 Å². The summed E-state index contributed by atoms with van der Waals surface area (Å²) in [6.45, 7) is 6.86. The van der Waals surface area contributed by atoms with Crippen molar-refractivity contribution in [2.24, 2.45) is 5.92 Å². The number of carbonyl (C=O) groups is 1. The van der Waals surface area contributed by atoms with E-state index in [1.54, 1.807) is 0 Å². The maximum absolute atomic E-state index is 10.4. The molecule has 0 amide bonds. The maximum atomic E-state index is 10.4. The molecule has 1 fully saturated rings. The Morgan fingerprint density at radius 1 is 1.26 bits per heavy atom. The van der Waals surface area contributed by atoms with Crippen LogP contribution in [0, 0.1) is 5.92 Å². The SMILES string of the molecule is CC.CNCC1CCN(c2nc(OC)c(N)c(OC)n2)C1.O=CC(F)(F)F. The van der Waals surface area contributed by atoms with Gasteiger partial charge in [0.05, 0.1) is 14.2 Å². The monoisotopic (exact) mass is 395 g/mol. The van der Waals surface area contributed by atoms with Crippen LogP contribution in [0.4, 0.5) is 24.8 Å². The highest BCUT2D eigenvalue weighted by Crippen LogP contribution is 2.31. The summed E-state index contributed by atoms with van der Waals surface area (Å²) in [5.74, 6) is 1.95. The van der Waals surface area contributed by atoms with E-state index in [2.05, 4.69) is 20.2 Å². The Bertz CT molecular complexity index is 548. The van der Waals surface area contributed by atoms with Crippen molar-refractivity contribution in [1.29, 1.82) is 0 Å². The number of methoxy groups -OCH3 is 2. The van der Waals surface area contributed by atoms with Gasteiger partial charge >= 0.3 is 6.18 Å². The number of halogens is 3. The summed E-state index contributed by atoms with van der Waals surface area (Å²) in [6, 6.07) is 0. The number of nitrogens with two attached hydrogens (primary N) is 1. The fraction of sp³-hybridized carbons (Fsp3) is 0.688. The highest BCUT2D eigenvalue weighted by molar-refractivity contribution is 5.59. The number of nitrogen functional groups attached to an aromatic ring is 1. The second kappa shape index (κ2) is 12.2. The predicted molar refractivity (Wildman–Crippen MR) is 97.3 cm³/mol. The lowest BCUT2D eigenvalue weighted by molar-refractivity contribution is -0.156. The molecule has 27 heavy (non-hydrogen) atoms. The van der Waals surface area contributed by atoms with E-state index >= 15 is 0 Å². The Kier molecular flexibility index (Phi) is 11.1. The number of alkyl halides is 3. The summed E-state index contributed by atoms with van der Waals surface area (Å²) in [5, 5.41) is 3.20. The van der Waals surface area contributed by atoms with Crippen LogP contribution < -0.4 is 25.4 Å². The first kappa shape index (κ1) is 24.7. The maximum Gasteiger partial charge on any atom is 0.446 e. The number of rotatable bonds is 5. The van der Waals surface area contributed by atoms with Crippen molar-refractivity contribution in [2.45, 2.75) is 26.4 Å². The van der Waals surface area contributed by atoms with Crippen LogP contribution in [0.5, 0.6) is 11.8 Å². The van der Waals surface area contributed by atoms with Crippen molar-refractivity contribution in [3.63, 3.8) is 0 Å². The zero-order valence-corrected chi connectivity index (χ0v) is 16.3. The molecule has 2 rings (SSSR count). The zero-order valence-electron chi connectivity index (χ0n) is 16.3. The van der Waals surface area contributed by atoms with E-state index in [1.165, 1.54) is 14.2 Å². The molecule has 0 aromatic carbocycles. The van der Waals surface area contributed by atoms with Gasteiger partial charge in [-0.15, -0.1) is 0 Å². The third kappa shape index (κ3) is 8.29. The number of hydrogen-bond donors (Lipinski definition) is 2. The fourth-order valence-corrected chi connectivity index (χ4v) is 2.34. The van der Waals surface area contributed by atoms with Crippen LogP contribution in [0.25, 0.3) is 0 Å². The third-order valence-corrected chi connectivity index (χ3v) is 3.45. The van der Waals surface area contributed by atoms with Gasteiger partial charge in [-0.05, 0) is 25.9 Å². The van der Waals surface area contributed by atoms with E-state index in [9.17, 15) is 13.2 Å². The molecule has 8 nitrogen and oxygen atoms in total. The van der Waals surface area contributed by atoms with Crippen molar-refractivity contribution < 1.29 is 27.4 Å². The second-order valence-electron chi connectivity index (χ2n) is 5.27. The number of anilines is 2. The Labute approximate surface area is 157 Å². The molecule has 1 saturated heterocycles. The molecule has 3 N–H and O–H groups in total. The molecule has 1 aromatic heterocycles. The zero-order chi connectivity index (χ0) is 21.0. The summed E-state index contributed by atoms with van der Waals surface area (Å²) in [7, 11) is 5.04. The minimum atomic E-state index is -4.64. The lowest BCUT2D eigenvalue weighted by atomic mass is 10.1. The number of carbonyl (C=O) groups excluding carboxylic acids is 1. The average molecular weight is 395 g/mol. The largest absolute Gasteiger partial charge is 0.479 e. The first-order valence-electron chi connectivity index (χ1n) is 8.43. The van der Waals surface area contributed by atoms with Crippen LogP contribution in [0.15, 0.2) is 0 Å². The van der Waals surface area contributed by atoms with Crippen LogP contribution in [0.1, 0.15) is 20.3 Å². The van der Waals surface area contributed by atoms with Crippen LogP contribution in [-0.4, -0.2) is 63.3 Å². The normalized spacial score (nSPS) is 15.9. The Morgan fingerprint density at radius 3 is 2.11 bits per heavy atom. The number of aromatic nitrogens is 2. The van der Waals surface area contributed by atoms with E-state index in [0.717, 1.165) is 26.1 Å². The van der Waals surface area contributed by atoms with Crippen molar-refractivity contribution in [3.8, 4) is 11.8 Å². The van der Waals surface area contributed by atoms with Gasteiger partial charge in [-0.3, -0.25) is 4.79 Å². The van der Waals surface area contributed by atoms with Crippen LogP contribution >= 0.6 is 0 Å². The third-order valence-electron chi connectivity index (χ3n) is 3.45. The van der Waals surface area contributed by atoms with Crippen molar-refractivity contribution in [3.05, 3.63) is 0 Å². The second-order valence-corrected chi connectivity index (χ2v) is 5.27. The standard InChI is InChI=1S/C12H21N5O2.C2HF3O.C2H6/c1-14-6-8-4-5-17(7-8)12-15-10(18-2)9(13)11(16-12)19-3;3-2(4,5)1-6;1-2/h8,14H,4-7,13H2,1-3H3;1H;1-2H3. The molecule has 0 saturated carbocycles. The minimum absolute atomic E-state index is 0.333. The fourth-order valence-electron chi connectivity index (χ4n) is 2.34. The molecule has 1 aliphatic heterocycles. The van der Waals surface area contributed by atoms with Gasteiger partial charge in [0, 0.05) is 13.1 Å². The molecule has 11 heteroatoms. The number of nitrogens with zero attached hydrogens (tertiary/aromatic N) is 3. The van der Waals surface area contributed by atoms with Crippen molar-refractivity contribution in [1.82, 2.24) is 15.3 Å². The smallest absolute Gasteiger partial charge is 0.446 e. The molecule has 1 aliphatic rings. The quantitative estimate of drug-likeness (QED) is 0.729. The average Bonchev–Trinajstić information content (AvgIpc) is 3.12. The lowest BCUT2D eigenvalue weighted by Gasteiger charge is -2.18. The van der Waals surface area contributed by atoms with E-state index in [-0.39, 0.29) is 0 Å². The molecule has 0 aliphatic carbocycles. The lowest BCUT2D eigenvalue weighted by Crippen LogP contribution is -2.26. The van der Waals surface area contributed by atoms with Gasteiger partial charge < -0.3 is 25.4 Å². The first-order chi connectivity index (χ1) is 12.8. The highest BCUT2D eigenvalue weighted by Gasteiger charge is 2.26. The molecule has 1 atom stereocenters. The summed E-state index contributed by atoms with van der Waals surface area (Å²) < 4.78 is 41.6. The van der Waals surface area contributed by atoms with Crippen molar-refractivity contribution >= 4 is 17.9 Å². The molecule has 156 valence electrons. The molecular weight excluding hydrogens is 367 g/mol. The number of ether oxygens (including phenoxy) is 2. The van der Waals surface area contributed by atoms with E-state index in [1.807, 2.05) is 20.9 Å². The van der Waals surface area contributed by atoms with Crippen LogP contribution in [0.3, 0.4) is 0 Å². The summed E-state index contributed by atoms with van der Waals surface area (Å²) in [6.07, 6.45) is -4.58. The Hall–Kier alpha value is -2.30. The molecule has 0 bridgehead atoms. The van der Waals surface area contributed by atoms with Gasteiger partial charge in [0.1, 0.15) is 0 Å². The van der Waals surface area contributed by atoms with Gasteiger partial charge in [-0.2, -0.15) is 23.1 Å². The van der Waals surface area contributed by atoms with Gasteiger partial charge in [-0.1, -0.05) is 13.8 Å². The van der Waals surface area contributed by atoms with Gasteiger partial charge in [0.15, 0.2) is 5.69 Å². The highest BCUT2D eigenvalue weighted by atomic mass is 19.4. The van der Waals surface area contributed by atoms with E-state index < -0.39 is 12.5 Å². The molecule has 0 spiro atoms. The van der Waals surface area contributed by atoms with Gasteiger partial charge in [-0.25, -0.2) is 0 Å². The first-order valence-corrected chi connectivity index (χ1v) is 8.43. The summed E-state index contributed by atoms with van der Waals surface area (Å²) >= 11 is 0. The van der Waals surface area contributed by atoms with Crippen molar-refractivity contribution in [2.75, 3.05) is 51.5 Å². The van der Waals surface area contributed by atoms with E-state index in [0.29, 0.717) is 29.3 Å². The van der Waals surface area contributed by atoms with Gasteiger partial charge in [0.25, 0.3) is 0 Å². The van der Waals surface area contributed by atoms with Crippen LogP contribution in [0.2, 0.25) is 0 Å². The minimum Gasteiger partial charge on any atom is -0.479 e. The molecule has 2 heterocycles. The number of hydrogen-bond acceptors (Lipinski definition) is 8.